The third kappa shape index (κ3) is 3.15. The largest absolute Gasteiger partial charge is 0.465 e. The monoisotopic (exact) mass is 209 g/mol. The predicted octanol–water partition coefficient (Wildman–Crippen LogP) is 2.30. The molecule has 1 amide bonds. The van der Waals surface area contributed by atoms with Crippen LogP contribution < -0.4 is 0 Å². The summed E-state index contributed by atoms with van der Waals surface area (Å²) in [5, 5.41) is 8.29. The van der Waals surface area contributed by atoms with Crippen LogP contribution in [0.15, 0.2) is 0 Å². The minimum Gasteiger partial charge on any atom is -0.465 e. The van der Waals surface area contributed by atoms with Crippen molar-refractivity contribution in [3.8, 4) is 0 Å². The van der Waals surface area contributed by atoms with Crippen molar-refractivity contribution in [3.63, 3.8) is 0 Å². The fourth-order valence-electron chi connectivity index (χ4n) is 0.847. The third-order valence-electron chi connectivity index (χ3n) is 1.59. The van der Waals surface area contributed by atoms with Crippen molar-refractivity contribution >= 4 is 31.4 Å². The highest BCUT2D eigenvalue weighted by Crippen LogP contribution is 2.17. The zero-order chi connectivity index (χ0) is 9.72. The first-order valence-corrected chi connectivity index (χ1v) is 4.95. The Kier molecular flexibility index (Phi) is 5.57. The molecule has 1 N–H and O–H groups in total. The summed E-state index contributed by atoms with van der Waals surface area (Å²) in [6.45, 7) is 3.79. The van der Waals surface area contributed by atoms with E-state index in [0.717, 1.165) is 0 Å². The van der Waals surface area contributed by atoms with Crippen molar-refractivity contribution in [3.05, 3.63) is 0 Å². The Hall–Kier alpha value is -0.0300. The molecule has 2 atom stereocenters. The Labute approximate surface area is 84.0 Å². The molecule has 0 spiro atoms. The SMILES string of the molecule is CCC(S)N(C(=O)O)C(S)CC. The van der Waals surface area contributed by atoms with Gasteiger partial charge in [-0.25, -0.2) is 4.79 Å². The molecule has 0 aromatic heterocycles. The van der Waals surface area contributed by atoms with Gasteiger partial charge in [0.25, 0.3) is 0 Å². The molecule has 0 radical (unpaired) electrons. The van der Waals surface area contributed by atoms with Crippen LogP contribution in [-0.2, 0) is 0 Å². The van der Waals surface area contributed by atoms with Gasteiger partial charge in [-0.15, -0.1) is 0 Å². The summed E-state index contributed by atoms with van der Waals surface area (Å²) in [4.78, 5) is 12.0. The highest BCUT2D eigenvalue weighted by atomic mass is 32.1. The summed E-state index contributed by atoms with van der Waals surface area (Å²) in [5.74, 6) is 0. The summed E-state index contributed by atoms with van der Waals surface area (Å²) in [6.07, 6.45) is 0.414. The maximum atomic E-state index is 10.7. The van der Waals surface area contributed by atoms with Crippen LogP contribution in [0.3, 0.4) is 0 Å². The highest BCUT2D eigenvalue weighted by molar-refractivity contribution is 7.81. The Bertz CT molecular complexity index is 144. The lowest BCUT2D eigenvalue weighted by atomic mass is 10.3. The van der Waals surface area contributed by atoms with Crippen molar-refractivity contribution in [1.82, 2.24) is 4.90 Å². The first kappa shape index (κ1) is 12.0. The van der Waals surface area contributed by atoms with E-state index in [2.05, 4.69) is 25.3 Å². The van der Waals surface area contributed by atoms with Gasteiger partial charge >= 0.3 is 6.09 Å². The molecular weight excluding hydrogens is 194 g/mol. The quantitative estimate of drug-likeness (QED) is 0.491. The van der Waals surface area contributed by atoms with E-state index in [1.165, 1.54) is 4.90 Å². The minimum atomic E-state index is -0.960. The van der Waals surface area contributed by atoms with Crippen LogP contribution in [0.5, 0.6) is 0 Å². The van der Waals surface area contributed by atoms with E-state index in [0.29, 0.717) is 12.8 Å². The second kappa shape index (κ2) is 5.59. The number of thiol groups is 2. The molecule has 0 saturated heterocycles. The summed E-state index contributed by atoms with van der Waals surface area (Å²) in [6, 6.07) is 0. The van der Waals surface area contributed by atoms with Gasteiger partial charge in [0.2, 0.25) is 0 Å². The molecule has 2 unspecified atom stereocenters. The molecule has 72 valence electrons. The first-order chi connectivity index (χ1) is 5.54. The predicted molar refractivity (Wildman–Crippen MR) is 56.0 cm³/mol. The average molecular weight is 209 g/mol. The van der Waals surface area contributed by atoms with Gasteiger partial charge in [0.15, 0.2) is 0 Å². The van der Waals surface area contributed by atoms with E-state index < -0.39 is 6.09 Å². The Morgan fingerprint density at radius 2 is 1.67 bits per heavy atom. The van der Waals surface area contributed by atoms with E-state index in [9.17, 15) is 4.79 Å². The maximum Gasteiger partial charge on any atom is 0.409 e. The van der Waals surface area contributed by atoms with E-state index in [-0.39, 0.29) is 10.7 Å². The zero-order valence-corrected chi connectivity index (χ0v) is 9.05. The molecule has 3 nitrogen and oxygen atoms in total. The summed E-state index contributed by atoms with van der Waals surface area (Å²) in [7, 11) is 0. The number of carbonyl (C=O) groups is 1. The molecule has 0 rings (SSSR count). The number of rotatable bonds is 4. The number of amides is 1. The number of hydrogen-bond acceptors (Lipinski definition) is 3. The van der Waals surface area contributed by atoms with Gasteiger partial charge in [0, 0.05) is 0 Å². The van der Waals surface area contributed by atoms with Gasteiger partial charge in [0.05, 0.1) is 10.7 Å². The Morgan fingerprint density at radius 3 is 1.83 bits per heavy atom. The molecule has 0 fully saturated rings. The van der Waals surface area contributed by atoms with Gasteiger partial charge in [-0.2, -0.15) is 25.3 Å². The Balaban J connectivity index is 4.32. The van der Waals surface area contributed by atoms with E-state index in [1.54, 1.807) is 0 Å². The molecule has 5 heteroatoms. The van der Waals surface area contributed by atoms with Gasteiger partial charge in [-0.05, 0) is 12.8 Å². The fourth-order valence-corrected chi connectivity index (χ4v) is 1.47. The minimum absolute atomic E-state index is 0.259. The Morgan fingerprint density at radius 1 is 1.33 bits per heavy atom. The van der Waals surface area contributed by atoms with Crippen molar-refractivity contribution in [1.29, 1.82) is 0 Å². The zero-order valence-electron chi connectivity index (χ0n) is 7.27. The standard InChI is InChI=1S/C7H15NO2S2/c1-3-5(11)8(7(9)10)6(12)4-2/h5-6,11-12H,3-4H2,1-2H3,(H,9,10). The van der Waals surface area contributed by atoms with Gasteiger partial charge in [0.1, 0.15) is 0 Å². The third-order valence-corrected chi connectivity index (χ3v) is 2.82. The molecular formula is C7H15NO2S2. The second-order valence-corrected chi connectivity index (χ2v) is 3.66. The molecule has 0 aliphatic heterocycles. The van der Waals surface area contributed by atoms with E-state index >= 15 is 0 Å². The topological polar surface area (TPSA) is 40.5 Å². The molecule has 0 saturated carbocycles. The molecule has 0 aromatic rings. The normalized spacial score (nSPS) is 15.3. The van der Waals surface area contributed by atoms with Crippen LogP contribution in [0.4, 0.5) is 4.79 Å². The summed E-state index contributed by atoms with van der Waals surface area (Å²) >= 11 is 8.31. The number of nitrogens with zero attached hydrogens (tertiary/aromatic N) is 1. The molecule has 0 aliphatic rings. The van der Waals surface area contributed by atoms with E-state index in [1.807, 2.05) is 13.8 Å². The average Bonchev–Trinajstić information content (AvgIpc) is 2.03. The van der Waals surface area contributed by atoms with Crippen LogP contribution in [0.2, 0.25) is 0 Å². The van der Waals surface area contributed by atoms with Crippen LogP contribution in [-0.4, -0.2) is 26.8 Å². The van der Waals surface area contributed by atoms with Crippen LogP contribution in [0, 0.1) is 0 Å². The highest BCUT2D eigenvalue weighted by Gasteiger charge is 2.23. The molecule has 12 heavy (non-hydrogen) atoms. The summed E-state index contributed by atoms with van der Waals surface area (Å²) in [5.41, 5.74) is 0. The number of carboxylic acid groups (broad SMARTS) is 1. The van der Waals surface area contributed by atoms with Crippen LogP contribution in [0.1, 0.15) is 26.7 Å². The van der Waals surface area contributed by atoms with E-state index in [4.69, 9.17) is 5.11 Å². The van der Waals surface area contributed by atoms with Crippen molar-refractivity contribution in [2.45, 2.75) is 37.4 Å². The lowest BCUT2D eigenvalue weighted by Gasteiger charge is -2.29. The fraction of sp³-hybridized carbons (Fsp3) is 0.857. The molecule has 0 aromatic carbocycles. The molecule has 0 bridgehead atoms. The smallest absolute Gasteiger partial charge is 0.409 e. The second-order valence-electron chi connectivity index (χ2n) is 2.47. The lowest BCUT2D eigenvalue weighted by Crippen LogP contribution is -2.41. The lowest BCUT2D eigenvalue weighted by molar-refractivity contribution is 0.135. The van der Waals surface area contributed by atoms with Gasteiger partial charge in [-0.3, -0.25) is 4.90 Å². The van der Waals surface area contributed by atoms with Crippen molar-refractivity contribution < 1.29 is 9.90 Å². The van der Waals surface area contributed by atoms with Crippen molar-refractivity contribution in [2.75, 3.05) is 0 Å². The summed E-state index contributed by atoms with van der Waals surface area (Å²) < 4.78 is 0. The van der Waals surface area contributed by atoms with Crippen LogP contribution >= 0.6 is 25.3 Å². The molecule has 0 heterocycles. The van der Waals surface area contributed by atoms with Gasteiger partial charge in [-0.1, -0.05) is 13.8 Å². The maximum absolute atomic E-state index is 10.7. The number of hydrogen-bond donors (Lipinski definition) is 3. The first-order valence-electron chi connectivity index (χ1n) is 3.91. The van der Waals surface area contributed by atoms with Gasteiger partial charge < -0.3 is 5.11 Å². The van der Waals surface area contributed by atoms with Crippen LogP contribution in [0.25, 0.3) is 0 Å². The van der Waals surface area contributed by atoms with Crippen molar-refractivity contribution in [2.24, 2.45) is 0 Å². The molecule has 0 aliphatic carbocycles.